The lowest BCUT2D eigenvalue weighted by molar-refractivity contribution is -0.125. The van der Waals surface area contributed by atoms with Crippen molar-refractivity contribution >= 4 is 35.2 Å². The van der Waals surface area contributed by atoms with E-state index in [1.807, 2.05) is 0 Å². The van der Waals surface area contributed by atoms with Crippen LogP contribution in [0.1, 0.15) is 10.4 Å². The van der Waals surface area contributed by atoms with E-state index in [0.29, 0.717) is 17.6 Å². The minimum Gasteiger partial charge on any atom is -0.493 e. The maximum absolute atomic E-state index is 13.7. The minimum atomic E-state index is -1.08. The average Bonchev–Trinajstić information content (AvgIpc) is 2.81. The zero-order valence-electron chi connectivity index (χ0n) is 18.2. The average molecular weight is 496 g/mol. The van der Waals surface area contributed by atoms with Crippen LogP contribution >= 0.6 is 11.8 Å². The van der Waals surface area contributed by atoms with E-state index < -0.39 is 47.1 Å². The van der Waals surface area contributed by atoms with Crippen LogP contribution in [-0.4, -0.2) is 55.4 Å². The summed E-state index contributed by atoms with van der Waals surface area (Å²) in [6, 6.07) is 6.23. The predicted molar refractivity (Wildman–Crippen MR) is 121 cm³/mol. The van der Waals surface area contributed by atoms with Crippen LogP contribution in [0.3, 0.4) is 0 Å². The summed E-state index contributed by atoms with van der Waals surface area (Å²) in [5.41, 5.74) is 5.36. The second-order valence-corrected chi connectivity index (χ2v) is 8.18. The van der Waals surface area contributed by atoms with Crippen LogP contribution in [0, 0.1) is 11.6 Å². The topological polar surface area (TPSA) is 144 Å². The molecule has 0 aliphatic carbocycles. The number of rotatable bonds is 8. The highest BCUT2D eigenvalue weighted by Gasteiger charge is 2.35. The highest BCUT2D eigenvalue weighted by molar-refractivity contribution is 8.00. The summed E-state index contributed by atoms with van der Waals surface area (Å²) < 4.78 is 36.9. The Hall–Kier alpha value is -3.42. The number of ether oxygens (including phenoxy) is 2. The van der Waals surface area contributed by atoms with Crippen molar-refractivity contribution in [3.63, 3.8) is 0 Å². The van der Waals surface area contributed by atoms with Crippen LogP contribution in [0.2, 0.25) is 0 Å². The summed E-state index contributed by atoms with van der Waals surface area (Å²) in [6.45, 7) is 0. The number of thioether (sulfide) groups is 1. The van der Waals surface area contributed by atoms with E-state index in [2.05, 4.69) is 21.3 Å². The number of methoxy groups -OCH3 is 2. The summed E-state index contributed by atoms with van der Waals surface area (Å²) >= 11 is 0.993. The molecule has 0 aromatic heterocycles. The van der Waals surface area contributed by atoms with Crippen molar-refractivity contribution in [1.29, 1.82) is 0 Å². The number of carbonyl (C=O) groups is 3. The first kappa shape index (κ1) is 25.2. The zero-order chi connectivity index (χ0) is 24.8. The van der Waals surface area contributed by atoms with Gasteiger partial charge in [0.05, 0.1) is 31.8 Å². The third kappa shape index (κ3) is 6.12. The summed E-state index contributed by atoms with van der Waals surface area (Å²) in [6.07, 6.45) is -0.951. The molecule has 182 valence electrons. The number of carbonyl (C=O) groups excluding carboxylic acids is 3. The molecular weight excluding hydrogens is 472 g/mol. The maximum atomic E-state index is 13.7. The molecule has 6 N–H and O–H groups in total. The van der Waals surface area contributed by atoms with Gasteiger partial charge in [0.1, 0.15) is 23.2 Å². The predicted octanol–water partition coefficient (Wildman–Crippen LogP) is 0.740. The van der Waals surface area contributed by atoms with Gasteiger partial charge in [0.2, 0.25) is 11.8 Å². The molecule has 3 rings (SSSR count). The molecular formula is C21H23F2N5O5S. The number of halogens is 2. The highest BCUT2D eigenvalue weighted by Crippen LogP contribution is 2.27. The van der Waals surface area contributed by atoms with Crippen molar-refractivity contribution in [2.24, 2.45) is 5.73 Å². The van der Waals surface area contributed by atoms with E-state index in [4.69, 9.17) is 15.2 Å². The van der Waals surface area contributed by atoms with Gasteiger partial charge >= 0.3 is 0 Å². The first-order valence-corrected chi connectivity index (χ1v) is 11.0. The molecule has 2 aromatic rings. The number of nitrogens with two attached hydrogens (primary N) is 1. The lowest BCUT2D eigenvalue weighted by Gasteiger charge is -2.35. The van der Waals surface area contributed by atoms with Crippen LogP contribution in [0.5, 0.6) is 11.5 Å². The first-order chi connectivity index (χ1) is 16.2. The van der Waals surface area contributed by atoms with Gasteiger partial charge in [-0.05, 0) is 30.3 Å². The summed E-state index contributed by atoms with van der Waals surface area (Å²) in [7, 11) is 2.90. The Kier molecular flexibility index (Phi) is 8.26. The van der Waals surface area contributed by atoms with Gasteiger partial charge < -0.3 is 31.2 Å². The first-order valence-electron chi connectivity index (χ1n) is 9.93. The van der Waals surface area contributed by atoms with Gasteiger partial charge in [-0.25, -0.2) is 8.78 Å². The van der Waals surface area contributed by atoms with Crippen molar-refractivity contribution in [3.8, 4) is 11.5 Å². The van der Waals surface area contributed by atoms with E-state index in [1.165, 1.54) is 26.4 Å². The Bertz CT molecular complexity index is 1090. The molecule has 3 atom stereocenters. The fourth-order valence-electron chi connectivity index (χ4n) is 3.08. The highest BCUT2D eigenvalue weighted by atomic mass is 32.2. The van der Waals surface area contributed by atoms with Crippen LogP contribution in [0.4, 0.5) is 14.5 Å². The minimum absolute atomic E-state index is 0.163. The van der Waals surface area contributed by atoms with Crippen LogP contribution in [0.15, 0.2) is 36.4 Å². The monoisotopic (exact) mass is 495 g/mol. The van der Waals surface area contributed by atoms with E-state index in [0.717, 1.165) is 23.9 Å². The molecule has 3 amide bonds. The Balaban J connectivity index is 1.53. The van der Waals surface area contributed by atoms with Gasteiger partial charge in [0.15, 0.2) is 11.5 Å². The number of amides is 3. The Labute approximate surface area is 197 Å². The molecule has 0 saturated carbocycles. The normalized spacial score (nSPS) is 19.7. The number of benzene rings is 2. The number of anilines is 1. The number of hydrogen-bond acceptors (Lipinski definition) is 8. The Morgan fingerprint density at radius 1 is 1.12 bits per heavy atom. The number of hydrogen-bond donors (Lipinski definition) is 5. The molecule has 2 aromatic carbocycles. The van der Waals surface area contributed by atoms with Gasteiger partial charge in [0, 0.05) is 11.6 Å². The SMILES string of the molecule is COc1ccc(C(=O)NC2C(=O)NC(SCC(=O)Nc3ccc(F)cc3F)NC2N)cc1OC. The quantitative estimate of drug-likeness (QED) is 0.361. The van der Waals surface area contributed by atoms with Crippen LogP contribution in [-0.2, 0) is 9.59 Å². The van der Waals surface area contributed by atoms with E-state index in [1.54, 1.807) is 6.07 Å². The molecule has 1 aliphatic rings. The van der Waals surface area contributed by atoms with Crippen LogP contribution in [0.25, 0.3) is 0 Å². The van der Waals surface area contributed by atoms with Crippen LogP contribution < -0.4 is 36.5 Å². The van der Waals surface area contributed by atoms with Crippen molar-refractivity contribution in [3.05, 3.63) is 53.6 Å². The molecule has 3 unspecified atom stereocenters. The molecule has 10 nitrogen and oxygen atoms in total. The number of nitrogens with one attached hydrogen (secondary N) is 4. The van der Waals surface area contributed by atoms with Crippen molar-refractivity contribution < 1.29 is 32.6 Å². The zero-order valence-corrected chi connectivity index (χ0v) is 19.0. The summed E-state index contributed by atoms with van der Waals surface area (Å²) in [5.74, 6) is -2.71. The third-order valence-corrected chi connectivity index (χ3v) is 5.79. The van der Waals surface area contributed by atoms with Crippen molar-refractivity contribution in [1.82, 2.24) is 16.0 Å². The fourth-order valence-corrected chi connectivity index (χ4v) is 3.92. The van der Waals surface area contributed by atoms with Crippen molar-refractivity contribution in [2.45, 2.75) is 17.7 Å². The maximum Gasteiger partial charge on any atom is 0.252 e. The molecule has 34 heavy (non-hydrogen) atoms. The Morgan fingerprint density at radius 3 is 2.50 bits per heavy atom. The Morgan fingerprint density at radius 2 is 1.85 bits per heavy atom. The molecule has 0 bridgehead atoms. The molecule has 1 saturated heterocycles. The largest absolute Gasteiger partial charge is 0.493 e. The molecule has 1 heterocycles. The van der Waals surface area contributed by atoms with E-state index in [9.17, 15) is 23.2 Å². The van der Waals surface area contributed by atoms with E-state index in [-0.39, 0.29) is 17.0 Å². The van der Waals surface area contributed by atoms with E-state index >= 15 is 0 Å². The second-order valence-electron chi connectivity index (χ2n) is 7.09. The van der Waals surface area contributed by atoms with Gasteiger partial charge in [0.25, 0.3) is 5.91 Å². The third-order valence-electron chi connectivity index (χ3n) is 4.78. The molecule has 0 spiro atoms. The van der Waals surface area contributed by atoms with Gasteiger partial charge in [-0.3, -0.25) is 19.7 Å². The van der Waals surface area contributed by atoms with Gasteiger partial charge in [-0.1, -0.05) is 0 Å². The van der Waals surface area contributed by atoms with Gasteiger partial charge in [-0.15, -0.1) is 11.8 Å². The fraction of sp³-hybridized carbons (Fsp3) is 0.286. The molecule has 13 heteroatoms. The standard InChI is InChI=1S/C21H23F2N5O5S/c1-32-14-6-3-10(7-15(14)33-2)19(30)26-17-18(24)27-21(28-20(17)31)34-9-16(29)25-13-5-4-11(22)8-12(13)23/h3-8,17-18,21,27H,9,24H2,1-2H3,(H,25,29)(H,26,30)(H,28,31). The molecule has 1 fully saturated rings. The lowest BCUT2D eigenvalue weighted by Crippen LogP contribution is -2.70. The lowest BCUT2D eigenvalue weighted by atomic mass is 10.1. The van der Waals surface area contributed by atoms with Gasteiger partial charge in [-0.2, -0.15) is 0 Å². The second kappa shape index (κ2) is 11.1. The molecule has 1 aliphatic heterocycles. The van der Waals surface area contributed by atoms with Crippen molar-refractivity contribution in [2.75, 3.05) is 25.3 Å². The molecule has 0 radical (unpaired) electrons. The summed E-state index contributed by atoms with van der Waals surface area (Å²) in [4.78, 5) is 37.2. The summed E-state index contributed by atoms with van der Waals surface area (Å²) in [5, 5.41) is 10.4. The smallest absolute Gasteiger partial charge is 0.252 e.